The van der Waals surface area contributed by atoms with E-state index in [0.29, 0.717) is 16.3 Å². The van der Waals surface area contributed by atoms with Gasteiger partial charge in [-0.3, -0.25) is 0 Å². The van der Waals surface area contributed by atoms with Gasteiger partial charge in [0.1, 0.15) is 12.7 Å². The van der Waals surface area contributed by atoms with Crippen LogP contribution in [-0.4, -0.2) is 25.0 Å². The molecule has 2 N–H and O–H groups in total. The van der Waals surface area contributed by atoms with E-state index in [0.717, 1.165) is 21.9 Å². The summed E-state index contributed by atoms with van der Waals surface area (Å²) in [7, 11) is -4.23. The highest BCUT2D eigenvalue weighted by molar-refractivity contribution is 7.89. The topological polar surface area (TPSA) is 92.7 Å². The van der Waals surface area contributed by atoms with Gasteiger partial charge >= 0.3 is 5.97 Å². The molecule has 0 saturated heterocycles. The number of nitrogens with one attached hydrogen (secondary N) is 1. The molecule has 2 atom stereocenters. The molecule has 0 amide bonds. The Bertz CT molecular complexity index is 1700. The van der Waals surface area contributed by atoms with Crippen LogP contribution in [0.4, 0.5) is 0 Å². The number of aliphatic hydroxyl groups excluding tert-OH is 1. The molecular weight excluding hydrogens is 510 g/mol. The number of aryl methyl sites for hydroxylation is 1. The summed E-state index contributed by atoms with van der Waals surface area (Å²) in [5, 5.41) is 15.2. The van der Waals surface area contributed by atoms with Gasteiger partial charge < -0.3 is 9.84 Å². The highest BCUT2D eigenvalue weighted by Crippen LogP contribution is 2.38. The third kappa shape index (κ3) is 5.29. The van der Waals surface area contributed by atoms with Gasteiger partial charge in [-0.15, -0.1) is 0 Å². The molecule has 5 rings (SSSR count). The molecule has 0 aliphatic rings. The fourth-order valence-corrected chi connectivity index (χ4v) is 6.14. The number of rotatable bonds is 8. The summed E-state index contributed by atoms with van der Waals surface area (Å²) >= 11 is 0. The maximum Gasteiger partial charge on any atom is 0.330 e. The second-order valence-electron chi connectivity index (χ2n) is 9.82. The van der Waals surface area contributed by atoms with E-state index in [1.165, 1.54) is 19.1 Å². The molecule has 0 saturated carbocycles. The number of aliphatic hydroxyl groups is 1. The first kappa shape index (κ1) is 26.6. The van der Waals surface area contributed by atoms with Gasteiger partial charge in [0.15, 0.2) is 5.54 Å². The number of fused-ring (bicyclic) bond motifs is 2. The molecule has 0 bridgehead atoms. The second kappa shape index (κ2) is 10.6. The summed E-state index contributed by atoms with van der Waals surface area (Å²) in [6.45, 7) is 3.14. The Kier molecular flexibility index (Phi) is 7.23. The Morgan fingerprint density at radius 3 is 1.97 bits per heavy atom. The van der Waals surface area contributed by atoms with E-state index in [1.54, 1.807) is 24.3 Å². The van der Waals surface area contributed by atoms with Gasteiger partial charge in [-0.2, -0.15) is 4.72 Å². The van der Waals surface area contributed by atoms with Crippen molar-refractivity contribution in [1.29, 1.82) is 0 Å². The number of ether oxygens (including phenoxy) is 1. The van der Waals surface area contributed by atoms with Gasteiger partial charge in [-0.25, -0.2) is 13.2 Å². The Balaban J connectivity index is 1.64. The van der Waals surface area contributed by atoms with Gasteiger partial charge in [0.05, 0.1) is 4.90 Å². The molecule has 7 heteroatoms. The fourth-order valence-electron chi connectivity index (χ4n) is 4.77. The van der Waals surface area contributed by atoms with Crippen LogP contribution < -0.4 is 4.72 Å². The van der Waals surface area contributed by atoms with E-state index in [2.05, 4.69) is 4.72 Å². The molecule has 6 nitrogen and oxygen atoms in total. The Labute approximate surface area is 227 Å². The monoisotopic (exact) mass is 539 g/mol. The predicted molar refractivity (Wildman–Crippen MR) is 153 cm³/mol. The van der Waals surface area contributed by atoms with Crippen LogP contribution in [0.15, 0.2) is 114 Å². The number of carbonyl (C=O) groups is 1. The van der Waals surface area contributed by atoms with E-state index in [4.69, 9.17) is 4.74 Å². The van der Waals surface area contributed by atoms with E-state index in [9.17, 15) is 18.3 Å². The van der Waals surface area contributed by atoms with Gasteiger partial charge in [0, 0.05) is 0 Å². The van der Waals surface area contributed by atoms with E-state index in [1.807, 2.05) is 79.7 Å². The lowest BCUT2D eigenvalue weighted by Gasteiger charge is -2.34. The molecule has 0 fully saturated rings. The average Bonchev–Trinajstić information content (AvgIpc) is 2.94. The van der Waals surface area contributed by atoms with Crippen LogP contribution in [0.1, 0.15) is 29.7 Å². The fraction of sp³-hybridized carbons (Fsp3) is 0.156. The predicted octanol–water partition coefficient (Wildman–Crippen LogP) is 5.82. The zero-order valence-corrected chi connectivity index (χ0v) is 22.5. The highest BCUT2D eigenvalue weighted by atomic mass is 32.2. The first-order valence-electron chi connectivity index (χ1n) is 12.6. The minimum atomic E-state index is -4.23. The van der Waals surface area contributed by atoms with Crippen LogP contribution in [0.2, 0.25) is 0 Å². The van der Waals surface area contributed by atoms with Gasteiger partial charge in [-0.1, -0.05) is 96.6 Å². The van der Waals surface area contributed by atoms with E-state index in [-0.39, 0.29) is 11.5 Å². The standard InChI is InChI=1S/C32H29NO5S/c1-22-16-18-26(19-17-22)39(36,37)33-32(2,31(35)38-21-23-10-4-3-5-11-23)30(34)29-27-14-8-6-12-24(27)20-25-13-7-9-15-28(25)29/h3-20,30,33-34H,21H2,1-2H3/t30-,32+/m1/s1. The Morgan fingerprint density at radius 1 is 0.846 bits per heavy atom. The normalized spacial score (nSPS) is 14.1. The summed E-state index contributed by atoms with van der Waals surface area (Å²) in [6, 6.07) is 32.4. The second-order valence-corrected chi connectivity index (χ2v) is 11.5. The molecule has 0 spiro atoms. The van der Waals surface area contributed by atoms with Crippen molar-refractivity contribution in [3.63, 3.8) is 0 Å². The maximum atomic E-state index is 13.8. The Morgan fingerprint density at radius 2 is 1.38 bits per heavy atom. The minimum absolute atomic E-state index is 0.0230. The van der Waals surface area contributed by atoms with Crippen LogP contribution in [-0.2, 0) is 26.2 Å². The van der Waals surface area contributed by atoms with E-state index >= 15 is 0 Å². The van der Waals surface area contributed by atoms with Crippen LogP contribution in [0, 0.1) is 6.92 Å². The smallest absolute Gasteiger partial charge is 0.330 e. The van der Waals surface area contributed by atoms with Crippen molar-refractivity contribution in [2.24, 2.45) is 0 Å². The van der Waals surface area contributed by atoms with Crippen molar-refractivity contribution in [3.05, 3.63) is 126 Å². The van der Waals surface area contributed by atoms with Gasteiger partial charge in [0.2, 0.25) is 10.0 Å². The van der Waals surface area contributed by atoms with Crippen molar-refractivity contribution in [3.8, 4) is 0 Å². The SMILES string of the molecule is Cc1ccc(S(=O)(=O)N[C@](C)(C(=O)OCc2ccccc2)[C@H](O)c2c3ccccc3cc3ccccc23)cc1. The molecule has 0 heterocycles. The van der Waals surface area contributed by atoms with Crippen molar-refractivity contribution in [2.75, 3.05) is 0 Å². The molecule has 0 unspecified atom stereocenters. The van der Waals surface area contributed by atoms with Crippen molar-refractivity contribution in [2.45, 2.75) is 37.0 Å². The van der Waals surface area contributed by atoms with Crippen LogP contribution in [0.5, 0.6) is 0 Å². The lowest BCUT2D eigenvalue weighted by Crippen LogP contribution is -2.56. The molecule has 0 aromatic heterocycles. The van der Waals surface area contributed by atoms with Crippen LogP contribution in [0.25, 0.3) is 21.5 Å². The first-order valence-corrected chi connectivity index (χ1v) is 14.1. The molecule has 0 aliphatic heterocycles. The summed E-state index contributed by atoms with van der Waals surface area (Å²) in [4.78, 5) is 13.8. The van der Waals surface area contributed by atoms with Crippen molar-refractivity contribution in [1.82, 2.24) is 4.72 Å². The number of carbonyl (C=O) groups excluding carboxylic acids is 1. The summed E-state index contributed by atoms with van der Waals surface area (Å²) in [5.41, 5.74) is 0.00110. The largest absolute Gasteiger partial charge is 0.459 e. The number of esters is 1. The molecule has 0 aliphatic carbocycles. The maximum absolute atomic E-state index is 13.8. The first-order chi connectivity index (χ1) is 18.7. The van der Waals surface area contributed by atoms with E-state index < -0.39 is 27.6 Å². The van der Waals surface area contributed by atoms with Crippen molar-refractivity contribution < 1.29 is 23.1 Å². The number of sulfonamides is 1. The quantitative estimate of drug-likeness (QED) is 0.192. The number of benzene rings is 5. The lowest BCUT2D eigenvalue weighted by molar-refractivity contribution is -0.156. The molecular formula is C32H29NO5S. The molecule has 0 radical (unpaired) electrons. The lowest BCUT2D eigenvalue weighted by atomic mass is 9.84. The van der Waals surface area contributed by atoms with Crippen molar-refractivity contribution >= 4 is 37.5 Å². The number of hydrogen-bond donors (Lipinski definition) is 2. The zero-order valence-electron chi connectivity index (χ0n) is 21.7. The third-order valence-electron chi connectivity index (χ3n) is 6.95. The summed E-state index contributed by atoms with van der Waals surface area (Å²) in [6.07, 6.45) is -1.59. The number of hydrogen-bond acceptors (Lipinski definition) is 5. The highest BCUT2D eigenvalue weighted by Gasteiger charge is 2.47. The molecule has 5 aromatic carbocycles. The van der Waals surface area contributed by atoms with Crippen LogP contribution in [0.3, 0.4) is 0 Å². The molecule has 5 aromatic rings. The molecule has 198 valence electrons. The Hall–Kier alpha value is -4.04. The minimum Gasteiger partial charge on any atom is -0.459 e. The molecule has 39 heavy (non-hydrogen) atoms. The summed E-state index contributed by atoms with van der Waals surface area (Å²) in [5.74, 6) is -0.897. The van der Waals surface area contributed by atoms with Crippen LogP contribution >= 0.6 is 0 Å². The summed E-state index contributed by atoms with van der Waals surface area (Å²) < 4.78 is 35.3. The van der Waals surface area contributed by atoms with Gasteiger partial charge in [-0.05, 0) is 64.7 Å². The average molecular weight is 540 g/mol. The van der Waals surface area contributed by atoms with Gasteiger partial charge in [0.25, 0.3) is 0 Å². The zero-order chi connectivity index (χ0) is 27.6. The third-order valence-corrected chi connectivity index (χ3v) is 8.53.